The van der Waals surface area contributed by atoms with E-state index in [1.54, 1.807) is 0 Å². The van der Waals surface area contributed by atoms with E-state index < -0.39 is 0 Å². The van der Waals surface area contributed by atoms with E-state index in [2.05, 4.69) is 43.1 Å². The molecule has 0 radical (unpaired) electrons. The Morgan fingerprint density at radius 2 is 2.10 bits per heavy atom. The van der Waals surface area contributed by atoms with E-state index in [1.807, 2.05) is 6.07 Å². The van der Waals surface area contributed by atoms with Gasteiger partial charge in [0.05, 0.1) is 0 Å². The molecule has 1 aromatic rings. The van der Waals surface area contributed by atoms with Crippen LogP contribution in [0, 0.1) is 5.92 Å². The maximum atomic E-state index is 5.49. The van der Waals surface area contributed by atoms with Gasteiger partial charge in [-0.05, 0) is 30.0 Å². The Balaban J connectivity index is 1.73. The van der Waals surface area contributed by atoms with Gasteiger partial charge >= 0.3 is 0 Å². The van der Waals surface area contributed by atoms with Crippen LogP contribution in [0.3, 0.4) is 0 Å². The summed E-state index contributed by atoms with van der Waals surface area (Å²) in [5.74, 6) is 2.41. The fourth-order valence-electron chi connectivity index (χ4n) is 3.29. The minimum Gasteiger partial charge on any atom is -0.454 e. The lowest BCUT2D eigenvalue weighted by atomic mass is 9.97. The Morgan fingerprint density at radius 1 is 1.29 bits per heavy atom. The van der Waals surface area contributed by atoms with Crippen LogP contribution in [-0.4, -0.2) is 36.9 Å². The molecule has 1 saturated heterocycles. The van der Waals surface area contributed by atoms with Crippen molar-refractivity contribution in [3.8, 4) is 11.5 Å². The second kappa shape index (κ2) is 6.24. The van der Waals surface area contributed by atoms with E-state index in [0.29, 0.717) is 24.8 Å². The molecule has 4 nitrogen and oxygen atoms in total. The summed E-state index contributed by atoms with van der Waals surface area (Å²) in [5.41, 5.74) is 1.31. The number of benzene rings is 1. The Bertz CT molecular complexity index is 490. The highest BCUT2D eigenvalue weighted by atomic mass is 16.7. The predicted octanol–water partition coefficient (Wildman–Crippen LogP) is 2.62. The standard InChI is InChI=1S/C17H26N2O2/c1-4-14-10-19(15(8-18-14)12(2)3)9-13-5-6-16-17(7-13)21-11-20-16/h5-7,12,14-15,18H,4,8-11H2,1-3H3. The molecule has 0 spiro atoms. The maximum Gasteiger partial charge on any atom is 0.231 e. The SMILES string of the molecule is CCC1CN(Cc2ccc3c(c2)OCO3)C(C(C)C)CN1. The fraction of sp³-hybridized carbons (Fsp3) is 0.647. The van der Waals surface area contributed by atoms with Crippen molar-refractivity contribution in [3.05, 3.63) is 23.8 Å². The highest BCUT2D eigenvalue weighted by molar-refractivity contribution is 5.44. The third-order valence-electron chi connectivity index (χ3n) is 4.62. The molecule has 2 aliphatic rings. The van der Waals surface area contributed by atoms with E-state index >= 15 is 0 Å². The summed E-state index contributed by atoms with van der Waals surface area (Å²) in [6.07, 6.45) is 1.18. The third kappa shape index (κ3) is 3.16. The molecule has 4 heteroatoms. The number of hydrogen-bond donors (Lipinski definition) is 1. The number of hydrogen-bond acceptors (Lipinski definition) is 4. The van der Waals surface area contributed by atoms with Crippen molar-refractivity contribution in [3.63, 3.8) is 0 Å². The van der Waals surface area contributed by atoms with Crippen molar-refractivity contribution in [2.24, 2.45) is 5.92 Å². The van der Waals surface area contributed by atoms with Crippen molar-refractivity contribution >= 4 is 0 Å². The molecule has 116 valence electrons. The lowest BCUT2D eigenvalue weighted by Gasteiger charge is -2.42. The van der Waals surface area contributed by atoms with Crippen molar-refractivity contribution < 1.29 is 9.47 Å². The van der Waals surface area contributed by atoms with Crippen molar-refractivity contribution in [2.75, 3.05) is 19.9 Å². The van der Waals surface area contributed by atoms with Gasteiger partial charge in [0.1, 0.15) is 0 Å². The van der Waals surface area contributed by atoms with Crippen molar-refractivity contribution in [1.82, 2.24) is 10.2 Å². The highest BCUT2D eigenvalue weighted by Crippen LogP contribution is 2.33. The van der Waals surface area contributed by atoms with Gasteiger partial charge < -0.3 is 14.8 Å². The molecule has 21 heavy (non-hydrogen) atoms. The lowest BCUT2D eigenvalue weighted by Crippen LogP contribution is -2.57. The molecule has 1 N–H and O–H groups in total. The van der Waals surface area contributed by atoms with Gasteiger partial charge in [-0.15, -0.1) is 0 Å². The number of piperazine rings is 1. The fourth-order valence-corrected chi connectivity index (χ4v) is 3.29. The zero-order valence-corrected chi connectivity index (χ0v) is 13.3. The van der Waals surface area contributed by atoms with Gasteiger partial charge in [0.2, 0.25) is 6.79 Å². The predicted molar refractivity (Wildman–Crippen MR) is 83.7 cm³/mol. The van der Waals surface area contributed by atoms with Gasteiger partial charge in [-0.1, -0.05) is 26.8 Å². The molecule has 1 aromatic carbocycles. The van der Waals surface area contributed by atoms with E-state index in [0.717, 1.165) is 31.1 Å². The number of nitrogens with zero attached hydrogens (tertiary/aromatic N) is 1. The van der Waals surface area contributed by atoms with Crippen LogP contribution in [0.15, 0.2) is 18.2 Å². The first-order chi connectivity index (χ1) is 10.2. The monoisotopic (exact) mass is 290 g/mol. The van der Waals surface area contributed by atoms with Crippen LogP contribution in [0.1, 0.15) is 32.8 Å². The molecule has 3 rings (SSSR count). The topological polar surface area (TPSA) is 33.7 Å². The molecule has 0 bridgehead atoms. The van der Waals surface area contributed by atoms with Gasteiger partial charge in [-0.2, -0.15) is 0 Å². The molecule has 2 atom stereocenters. The molecule has 0 aliphatic carbocycles. The second-order valence-electron chi connectivity index (χ2n) is 6.44. The quantitative estimate of drug-likeness (QED) is 0.924. The Hall–Kier alpha value is -1.26. The van der Waals surface area contributed by atoms with E-state index in [1.165, 1.54) is 12.0 Å². The summed E-state index contributed by atoms with van der Waals surface area (Å²) in [6.45, 7) is 10.4. The maximum absolute atomic E-state index is 5.49. The zero-order chi connectivity index (χ0) is 14.8. The molecular weight excluding hydrogens is 264 g/mol. The zero-order valence-electron chi connectivity index (χ0n) is 13.3. The molecule has 2 unspecified atom stereocenters. The lowest BCUT2D eigenvalue weighted by molar-refractivity contribution is 0.0900. The van der Waals surface area contributed by atoms with E-state index in [4.69, 9.17) is 9.47 Å². The molecule has 1 fully saturated rings. The largest absolute Gasteiger partial charge is 0.454 e. The molecule has 0 aromatic heterocycles. The first kappa shape index (κ1) is 14.7. The molecular formula is C17H26N2O2. The Kier molecular flexibility index (Phi) is 4.36. The van der Waals surface area contributed by atoms with Crippen LogP contribution >= 0.6 is 0 Å². The average Bonchev–Trinajstić information content (AvgIpc) is 2.94. The number of rotatable bonds is 4. The highest BCUT2D eigenvalue weighted by Gasteiger charge is 2.29. The summed E-state index contributed by atoms with van der Waals surface area (Å²) in [4.78, 5) is 2.62. The third-order valence-corrected chi connectivity index (χ3v) is 4.62. The van der Waals surface area contributed by atoms with Gasteiger partial charge in [0.15, 0.2) is 11.5 Å². The minimum atomic E-state index is 0.346. The Labute approximate surface area is 127 Å². The van der Waals surface area contributed by atoms with E-state index in [9.17, 15) is 0 Å². The van der Waals surface area contributed by atoms with Crippen LogP contribution in [0.2, 0.25) is 0 Å². The number of ether oxygens (including phenoxy) is 2. The van der Waals surface area contributed by atoms with Crippen molar-refractivity contribution in [1.29, 1.82) is 0 Å². The first-order valence-electron chi connectivity index (χ1n) is 8.03. The van der Waals surface area contributed by atoms with Gasteiger partial charge in [-0.3, -0.25) is 4.90 Å². The second-order valence-corrected chi connectivity index (χ2v) is 6.44. The van der Waals surface area contributed by atoms with Crippen LogP contribution in [0.25, 0.3) is 0 Å². The van der Waals surface area contributed by atoms with Gasteiger partial charge in [0, 0.05) is 31.7 Å². The van der Waals surface area contributed by atoms with Gasteiger partial charge in [0.25, 0.3) is 0 Å². The van der Waals surface area contributed by atoms with Crippen LogP contribution in [-0.2, 0) is 6.54 Å². The van der Waals surface area contributed by atoms with Crippen LogP contribution in [0.5, 0.6) is 11.5 Å². The minimum absolute atomic E-state index is 0.346. The van der Waals surface area contributed by atoms with Crippen molar-refractivity contribution in [2.45, 2.75) is 45.8 Å². The van der Waals surface area contributed by atoms with Crippen LogP contribution < -0.4 is 14.8 Å². The molecule has 2 heterocycles. The molecule has 0 amide bonds. The summed E-state index contributed by atoms with van der Waals surface area (Å²) in [6, 6.07) is 7.52. The number of nitrogens with one attached hydrogen (secondary N) is 1. The normalized spacial score (nSPS) is 25.5. The summed E-state index contributed by atoms with van der Waals surface area (Å²) < 4.78 is 10.9. The summed E-state index contributed by atoms with van der Waals surface area (Å²) >= 11 is 0. The van der Waals surface area contributed by atoms with Gasteiger partial charge in [-0.25, -0.2) is 0 Å². The molecule has 2 aliphatic heterocycles. The summed E-state index contributed by atoms with van der Waals surface area (Å²) in [7, 11) is 0. The number of fused-ring (bicyclic) bond motifs is 1. The molecule has 0 saturated carbocycles. The summed E-state index contributed by atoms with van der Waals surface area (Å²) in [5, 5.41) is 3.67. The first-order valence-corrected chi connectivity index (χ1v) is 8.03. The Morgan fingerprint density at radius 3 is 2.86 bits per heavy atom. The van der Waals surface area contributed by atoms with Crippen LogP contribution in [0.4, 0.5) is 0 Å². The average molecular weight is 290 g/mol. The smallest absolute Gasteiger partial charge is 0.231 e. The van der Waals surface area contributed by atoms with E-state index in [-0.39, 0.29) is 0 Å².